The largest absolute Gasteiger partial charge is 0.507 e. The lowest BCUT2D eigenvalue weighted by molar-refractivity contribution is -0.384. The van der Waals surface area contributed by atoms with Crippen LogP contribution >= 0.6 is 0 Å². The van der Waals surface area contributed by atoms with Gasteiger partial charge in [-0.15, -0.1) is 0 Å². The summed E-state index contributed by atoms with van der Waals surface area (Å²) in [5.41, 5.74) is 2.04. The highest BCUT2D eigenvalue weighted by Gasteiger charge is 2.46. The summed E-state index contributed by atoms with van der Waals surface area (Å²) in [5, 5.41) is 27.0. The van der Waals surface area contributed by atoms with Gasteiger partial charge in [-0.2, -0.15) is 5.10 Å². The molecule has 1 N–H and O–H groups in total. The van der Waals surface area contributed by atoms with Crippen molar-refractivity contribution in [1.29, 1.82) is 0 Å². The molecule has 192 valence electrons. The van der Waals surface area contributed by atoms with E-state index < -0.39 is 22.7 Å². The van der Waals surface area contributed by atoms with E-state index in [2.05, 4.69) is 10.00 Å². The predicted molar refractivity (Wildman–Crippen MR) is 138 cm³/mol. The summed E-state index contributed by atoms with van der Waals surface area (Å²) in [6.45, 7) is 8.14. The van der Waals surface area contributed by atoms with Crippen LogP contribution in [0.4, 0.5) is 5.69 Å². The quantitative estimate of drug-likeness (QED) is 0.155. The van der Waals surface area contributed by atoms with Gasteiger partial charge in [0.2, 0.25) is 0 Å². The molecule has 0 radical (unpaired) electrons. The van der Waals surface area contributed by atoms with Crippen LogP contribution in [0.25, 0.3) is 11.4 Å². The van der Waals surface area contributed by atoms with Gasteiger partial charge in [-0.25, -0.2) is 4.68 Å². The van der Waals surface area contributed by atoms with Gasteiger partial charge in [-0.1, -0.05) is 32.0 Å². The standard InChI is InChI=1S/C27H29N5O5/c1-4-29(5-2)15-16-30-24(19-11-13-21(14-12-19)32(36)37)23(26(34)27(30)35)25(33)22-17-28-31(18(22)3)20-9-7-6-8-10-20/h6-14,17,24,33H,4-5,15-16H2,1-3H3/b25-23+. The van der Waals surface area contributed by atoms with Crippen molar-refractivity contribution in [3.8, 4) is 5.69 Å². The first-order valence-corrected chi connectivity index (χ1v) is 12.1. The molecular weight excluding hydrogens is 474 g/mol. The first-order valence-electron chi connectivity index (χ1n) is 12.1. The van der Waals surface area contributed by atoms with Gasteiger partial charge in [-0.3, -0.25) is 19.7 Å². The molecule has 0 aliphatic carbocycles. The Kier molecular flexibility index (Phi) is 7.49. The SMILES string of the molecule is CCN(CC)CCN1C(=O)C(=O)/C(=C(/O)c2cnn(-c3ccccc3)c2C)C1c1ccc([N+](=O)[O-])cc1. The van der Waals surface area contributed by atoms with Crippen LogP contribution in [-0.4, -0.2) is 67.5 Å². The fourth-order valence-corrected chi connectivity index (χ4v) is 4.64. The highest BCUT2D eigenvalue weighted by molar-refractivity contribution is 6.46. The minimum absolute atomic E-state index is 0.0610. The zero-order valence-electron chi connectivity index (χ0n) is 21.0. The summed E-state index contributed by atoms with van der Waals surface area (Å²) < 4.78 is 1.65. The zero-order chi connectivity index (χ0) is 26.7. The Balaban J connectivity index is 1.82. The number of nitro benzene ring substituents is 1. The average molecular weight is 504 g/mol. The molecule has 1 aliphatic heterocycles. The minimum atomic E-state index is -0.893. The van der Waals surface area contributed by atoms with Crippen molar-refractivity contribution < 1.29 is 19.6 Å². The van der Waals surface area contributed by atoms with E-state index in [4.69, 9.17) is 0 Å². The van der Waals surface area contributed by atoms with E-state index >= 15 is 0 Å². The van der Waals surface area contributed by atoms with Crippen molar-refractivity contribution in [2.45, 2.75) is 26.8 Å². The molecule has 2 heterocycles. The summed E-state index contributed by atoms with van der Waals surface area (Å²) in [6.07, 6.45) is 1.47. The van der Waals surface area contributed by atoms with Crippen LogP contribution in [0.2, 0.25) is 0 Å². The number of aliphatic hydroxyl groups excluding tert-OH is 1. The Morgan fingerprint density at radius 1 is 1.08 bits per heavy atom. The topological polar surface area (TPSA) is 122 Å². The number of benzene rings is 2. The molecule has 1 atom stereocenters. The molecule has 0 saturated carbocycles. The van der Waals surface area contributed by atoms with E-state index in [-0.39, 0.29) is 23.6 Å². The van der Waals surface area contributed by atoms with E-state index in [0.29, 0.717) is 23.4 Å². The number of aromatic nitrogens is 2. The lowest BCUT2D eigenvalue weighted by Crippen LogP contribution is -2.38. The van der Waals surface area contributed by atoms with Crippen molar-refractivity contribution >= 4 is 23.1 Å². The van der Waals surface area contributed by atoms with Gasteiger partial charge >= 0.3 is 0 Å². The number of rotatable bonds is 9. The Morgan fingerprint density at radius 3 is 2.32 bits per heavy atom. The molecule has 1 amide bonds. The van der Waals surface area contributed by atoms with Gasteiger partial charge in [0.05, 0.1) is 39.7 Å². The molecule has 0 bridgehead atoms. The summed E-state index contributed by atoms with van der Waals surface area (Å²) in [6, 6.07) is 14.2. The summed E-state index contributed by atoms with van der Waals surface area (Å²) in [7, 11) is 0. The van der Waals surface area contributed by atoms with E-state index in [0.717, 1.165) is 18.8 Å². The predicted octanol–water partition coefficient (Wildman–Crippen LogP) is 3.85. The van der Waals surface area contributed by atoms with Gasteiger partial charge in [0.1, 0.15) is 5.76 Å². The number of amides is 1. The smallest absolute Gasteiger partial charge is 0.295 e. The molecule has 10 nitrogen and oxygen atoms in total. The van der Waals surface area contributed by atoms with Crippen LogP contribution in [-0.2, 0) is 9.59 Å². The number of carbonyl (C=O) groups excluding carboxylic acids is 2. The van der Waals surface area contributed by atoms with Crippen LogP contribution in [0.3, 0.4) is 0 Å². The monoisotopic (exact) mass is 503 g/mol. The Morgan fingerprint density at radius 2 is 1.73 bits per heavy atom. The average Bonchev–Trinajstić information content (AvgIpc) is 3.42. The van der Waals surface area contributed by atoms with Gasteiger partial charge in [0.15, 0.2) is 0 Å². The molecule has 4 rings (SSSR count). The number of likely N-dealkylation sites (tertiary alicyclic amines) is 1. The molecule has 0 spiro atoms. The van der Waals surface area contributed by atoms with Crippen LogP contribution in [0.1, 0.15) is 36.7 Å². The normalized spacial score (nSPS) is 17.1. The number of Topliss-reactive ketones (excluding diaryl/α,β-unsaturated/α-hetero) is 1. The summed E-state index contributed by atoms with van der Waals surface area (Å²) in [4.78, 5) is 40.7. The van der Waals surface area contributed by atoms with Crippen LogP contribution in [0.15, 0.2) is 66.4 Å². The fraction of sp³-hybridized carbons (Fsp3) is 0.296. The zero-order valence-corrected chi connectivity index (χ0v) is 21.0. The third kappa shape index (κ3) is 4.88. The Labute approximate surface area is 214 Å². The molecule has 1 aliphatic rings. The van der Waals surface area contributed by atoms with E-state index in [1.165, 1.54) is 35.4 Å². The number of ketones is 1. The second kappa shape index (κ2) is 10.8. The van der Waals surface area contributed by atoms with E-state index in [9.17, 15) is 24.8 Å². The molecule has 1 saturated heterocycles. The molecule has 37 heavy (non-hydrogen) atoms. The number of non-ortho nitro benzene ring substituents is 1. The van der Waals surface area contributed by atoms with Crippen LogP contribution in [0, 0.1) is 17.0 Å². The number of hydrogen-bond donors (Lipinski definition) is 1. The molecule has 3 aromatic rings. The molecule has 10 heteroatoms. The Hall–Kier alpha value is -4.31. The van der Waals surface area contributed by atoms with E-state index in [1.807, 2.05) is 44.2 Å². The molecule has 2 aromatic carbocycles. The van der Waals surface area contributed by atoms with Crippen molar-refractivity contribution in [2.24, 2.45) is 0 Å². The van der Waals surface area contributed by atoms with Gasteiger partial charge in [-0.05, 0) is 49.8 Å². The fourth-order valence-electron chi connectivity index (χ4n) is 4.64. The maximum absolute atomic E-state index is 13.3. The second-order valence-electron chi connectivity index (χ2n) is 8.76. The first-order chi connectivity index (χ1) is 17.8. The van der Waals surface area contributed by atoms with Crippen molar-refractivity contribution in [3.63, 3.8) is 0 Å². The second-order valence-corrected chi connectivity index (χ2v) is 8.76. The molecular formula is C27H29N5O5. The number of para-hydroxylation sites is 1. The highest BCUT2D eigenvalue weighted by atomic mass is 16.6. The van der Waals surface area contributed by atoms with Gasteiger partial charge in [0, 0.05) is 25.2 Å². The third-order valence-corrected chi connectivity index (χ3v) is 6.78. The van der Waals surface area contributed by atoms with Crippen LogP contribution in [0.5, 0.6) is 0 Å². The third-order valence-electron chi connectivity index (χ3n) is 6.78. The maximum atomic E-state index is 13.3. The lowest BCUT2D eigenvalue weighted by Gasteiger charge is -2.28. The number of aliphatic hydroxyl groups is 1. The molecule has 1 aromatic heterocycles. The van der Waals surface area contributed by atoms with Gasteiger partial charge in [0.25, 0.3) is 17.4 Å². The molecule has 1 fully saturated rings. The Bertz CT molecular complexity index is 1340. The number of nitro groups is 1. The van der Waals surface area contributed by atoms with Crippen LogP contribution < -0.4 is 0 Å². The maximum Gasteiger partial charge on any atom is 0.295 e. The number of carbonyl (C=O) groups is 2. The number of nitrogens with zero attached hydrogens (tertiary/aromatic N) is 5. The first kappa shape index (κ1) is 25.8. The van der Waals surface area contributed by atoms with E-state index in [1.54, 1.807) is 11.6 Å². The summed E-state index contributed by atoms with van der Waals surface area (Å²) in [5.74, 6) is -1.84. The van der Waals surface area contributed by atoms with Crippen molar-refractivity contribution in [2.75, 3.05) is 26.2 Å². The minimum Gasteiger partial charge on any atom is -0.507 e. The summed E-state index contributed by atoms with van der Waals surface area (Å²) >= 11 is 0. The van der Waals surface area contributed by atoms with Gasteiger partial charge < -0.3 is 14.9 Å². The van der Waals surface area contributed by atoms with Crippen molar-refractivity contribution in [3.05, 3.63) is 93.3 Å². The number of hydrogen-bond acceptors (Lipinski definition) is 7. The van der Waals surface area contributed by atoms with Crippen molar-refractivity contribution in [1.82, 2.24) is 19.6 Å². The lowest BCUT2D eigenvalue weighted by atomic mass is 9.95. The molecule has 1 unspecified atom stereocenters. The number of likely N-dealkylation sites (N-methyl/N-ethyl adjacent to an activating group) is 1. The highest BCUT2D eigenvalue weighted by Crippen LogP contribution is 2.40.